The van der Waals surface area contributed by atoms with E-state index >= 15 is 0 Å². The SMILES string of the molecule is CCOc1cc([C@H](Nc2ccc(C(=N)N)cc2)C(=O)NCc2ccccc2)cc(OCC)n1.Cl. The second kappa shape index (κ2) is 13.1. The molecule has 0 saturated carbocycles. The quantitative estimate of drug-likeness (QED) is 0.241. The molecule has 0 aliphatic rings. The van der Waals surface area contributed by atoms with Crippen LogP contribution in [-0.2, 0) is 11.3 Å². The van der Waals surface area contributed by atoms with Crippen molar-refractivity contribution >= 4 is 29.8 Å². The minimum atomic E-state index is -0.738. The molecule has 0 fully saturated rings. The van der Waals surface area contributed by atoms with Crippen LogP contribution in [0.5, 0.6) is 11.8 Å². The molecule has 0 bridgehead atoms. The number of pyridine rings is 1. The van der Waals surface area contributed by atoms with Crippen molar-refractivity contribution in [2.75, 3.05) is 18.5 Å². The summed E-state index contributed by atoms with van der Waals surface area (Å²) in [4.78, 5) is 17.6. The molecule has 1 aromatic heterocycles. The molecule has 2 aromatic carbocycles. The summed E-state index contributed by atoms with van der Waals surface area (Å²) in [6, 6.07) is 19.4. The van der Waals surface area contributed by atoms with Gasteiger partial charge in [0.25, 0.3) is 0 Å². The number of nitrogen functional groups attached to an aromatic ring is 1. The monoisotopic (exact) mass is 483 g/mol. The molecule has 5 N–H and O–H groups in total. The highest BCUT2D eigenvalue weighted by Gasteiger charge is 2.23. The summed E-state index contributed by atoms with van der Waals surface area (Å²) in [5.74, 6) is 0.530. The molecule has 1 amide bonds. The number of nitrogens with one attached hydrogen (secondary N) is 3. The van der Waals surface area contributed by atoms with Crippen LogP contribution in [0.4, 0.5) is 5.69 Å². The van der Waals surface area contributed by atoms with E-state index in [1.807, 2.05) is 44.2 Å². The van der Waals surface area contributed by atoms with E-state index in [0.29, 0.717) is 48.3 Å². The van der Waals surface area contributed by atoms with Crippen LogP contribution >= 0.6 is 12.4 Å². The van der Waals surface area contributed by atoms with Crippen LogP contribution in [0, 0.1) is 5.41 Å². The van der Waals surface area contributed by atoms with E-state index in [1.54, 1.807) is 36.4 Å². The smallest absolute Gasteiger partial charge is 0.247 e. The third-order valence-electron chi connectivity index (χ3n) is 4.80. The fourth-order valence-corrected chi connectivity index (χ4v) is 3.21. The van der Waals surface area contributed by atoms with E-state index in [9.17, 15) is 4.79 Å². The summed E-state index contributed by atoms with van der Waals surface area (Å²) in [5, 5.41) is 13.8. The number of benzene rings is 2. The molecular weight excluding hydrogens is 454 g/mol. The molecule has 34 heavy (non-hydrogen) atoms. The highest BCUT2D eigenvalue weighted by Crippen LogP contribution is 2.27. The van der Waals surface area contributed by atoms with E-state index in [-0.39, 0.29) is 24.1 Å². The van der Waals surface area contributed by atoms with Crippen LogP contribution < -0.4 is 25.8 Å². The average molecular weight is 484 g/mol. The van der Waals surface area contributed by atoms with Crippen LogP contribution in [0.2, 0.25) is 0 Å². The number of amides is 1. The van der Waals surface area contributed by atoms with E-state index in [2.05, 4.69) is 15.6 Å². The number of aromatic nitrogens is 1. The summed E-state index contributed by atoms with van der Waals surface area (Å²) in [6.45, 7) is 5.00. The van der Waals surface area contributed by atoms with Crippen LogP contribution in [0.1, 0.15) is 36.6 Å². The first-order valence-electron chi connectivity index (χ1n) is 10.8. The lowest BCUT2D eigenvalue weighted by Gasteiger charge is -2.21. The first-order valence-corrected chi connectivity index (χ1v) is 10.8. The Morgan fingerprint density at radius 1 is 1.00 bits per heavy atom. The predicted molar refractivity (Wildman–Crippen MR) is 136 cm³/mol. The third kappa shape index (κ3) is 7.38. The number of carbonyl (C=O) groups excluding carboxylic acids is 1. The zero-order valence-corrected chi connectivity index (χ0v) is 20.0. The van der Waals surface area contributed by atoms with Crippen molar-refractivity contribution in [1.82, 2.24) is 10.3 Å². The van der Waals surface area contributed by atoms with Crippen LogP contribution in [-0.4, -0.2) is 29.9 Å². The normalized spacial score (nSPS) is 11.0. The van der Waals surface area contributed by atoms with Gasteiger partial charge in [0.05, 0.1) is 13.2 Å². The lowest BCUT2D eigenvalue weighted by molar-refractivity contribution is -0.122. The van der Waals surface area contributed by atoms with Gasteiger partial charge < -0.3 is 25.8 Å². The van der Waals surface area contributed by atoms with Gasteiger partial charge in [-0.3, -0.25) is 10.2 Å². The van der Waals surface area contributed by atoms with Gasteiger partial charge in [0.2, 0.25) is 17.7 Å². The highest BCUT2D eigenvalue weighted by molar-refractivity contribution is 5.95. The molecule has 0 aliphatic carbocycles. The van der Waals surface area contributed by atoms with Crippen molar-refractivity contribution in [3.63, 3.8) is 0 Å². The molecular formula is C25H30ClN5O3. The number of hydrogen-bond donors (Lipinski definition) is 4. The Morgan fingerprint density at radius 3 is 2.12 bits per heavy atom. The molecule has 0 spiro atoms. The first-order chi connectivity index (χ1) is 16.0. The van der Waals surface area contributed by atoms with E-state index in [4.69, 9.17) is 20.6 Å². The maximum absolute atomic E-state index is 13.3. The summed E-state index contributed by atoms with van der Waals surface area (Å²) in [5.41, 5.74) is 8.51. The molecule has 0 radical (unpaired) electrons. The topological polar surface area (TPSA) is 122 Å². The Labute approximate surface area is 205 Å². The molecule has 0 aliphatic heterocycles. The van der Waals surface area contributed by atoms with Gasteiger partial charge >= 0.3 is 0 Å². The number of carbonyl (C=O) groups is 1. The standard InChI is InChI=1S/C25H29N5O3.ClH/c1-3-32-21-14-19(15-22(30-21)33-4-2)23(25(31)28-16-17-8-6-5-7-9-17)29-20-12-10-18(11-13-20)24(26)27;/h5-15,23,29H,3-4,16H2,1-2H3,(H3,26,27)(H,28,31);1H/t23-;/m0./s1. The van der Waals surface area contributed by atoms with Crippen molar-refractivity contribution in [2.24, 2.45) is 5.73 Å². The number of nitrogens with zero attached hydrogens (tertiary/aromatic N) is 1. The zero-order chi connectivity index (χ0) is 23.6. The Hall–Kier alpha value is -3.78. The third-order valence-corrected chi connectivity index (χ3v) is 4.80. The molecule has 1 atom stereocenters. The van der Waals surface area contributed by atoms with Gasteiger partial charge in [-0.05, 0) is 49.2 Å². The Kier molecular flexibility index (Phi) is 10.2. The number of halogens is 1. The number of nitrogens with two attached hydrogens (primary N) is 1. The molecule has 9 heteroatoms. The molecule has 0 saturated heterocycles. The number of anilines is 1. The summed E-state index contributed by atoms with van der Waals surface area (Å²) < 4.78 is 11.2. The molecule has 0 unspecified atom stereocenters. The maximum Gasteiger partial charge on any atom is 0.247 e. The molecule has 1 heterocycles. The van der Waals surface area contributed by atoms with Gasteiger partial charge in [0.15, 0.2) is 0 Å². The zero-order valence-electron chi connectivity index (χ0n) is 19.2. The van der Waals surface area contributed by atoms with Gasteiger partial charge in [-0.15, -0.1) is 12.4 Å². The predicted octanol–water partition coefficient (Wildman–Crippen LogP) is 4.05. The molecule has 3 aromatic rings. The van der Waals surface area contributed by atoms with E-state index < -0.39 is 6.04 Å². The summed E-state index contributed by atoms with van der Waals surface area (Å²) in [7, 11) is 0. The molecule has 180 valence electrons. The van der Waals surface area contributed by atoms with Crippen LogP contribution in [0.15, 0.2) is 66.7 Å². The number of ether oxygens (including phenoxy) is 2. The largest absolute Gasteiger partial charge is 0.478 e. The highest BCUT2D eigenvalue weighted by atomic mass is 35.5. The average Bonchev–Trinajstić information content (AvgIpc) is 2.82. The second-order valence-electron chi connectivity index (χ2n) is 7.21. The minimum absolute atomic E-state index is 0. The van der Waals surface area contributed by atoms with Gasteiger partial charge in [-0.25, -0.2) is 0 Å². The Morgan fingerprint density at radius 2 is 1.59 bits per heavy atom. The lowest BCUT2D eigenvalue weighted by atomic mass is 10.1. The van der Waals surface area contributed by atoms with Crippen LogP contribution in [0.25, 0.3) is 0 Å². The fraction of sp³-hybridized carbons (Fsp3) is 0.240. The number of hydrogen-bond acceptors (Lipinski definition) is 6. The minimum Gasteiger partial charge on any atom is -0.478 e. The number of rotatable bonds is 11. The second-order valence-corrected chi connectivity index (χ2v) is 7.21. The van der Waals surface area contributed by atoms with Crippen molar-refractivity contribution in [2.45, 2.75) is 26.4 Å². The Bertz CT molecular complexity index is 1050. The van der Waals surface area contributed by atoms with E-state index in [0.717, 1.165) is 5.56 Å². The number of amidine groups is 1. The van der Waals surface area contributed by atoms with Gasteiger partial charge in [-0.1, -0.05) is 30.3 Å². The summed E-state index contributed by atoms with van der Waals surface area (Å²) in [6.07, 6.45) is 0. The summed E-state index contributed by atoms with van der Waals surface area (Å²) >= 11 is 0. The lowest BCUT2D eigenvalue weighted by Crippen LogP contribution is -2.33. The molecule has 3 rings (SSSR count). The van der Waals surface area contributed by atoms with Crippen molar-refractivity contribution < 1.29 is 14.3 Å². The maximum atomic E-state index is 13.3. The Balaban J connectivity index is 0.00000408. The van der Waals surface area contributed by atoms with Crippen molar-refractivity contribution in [3.05, 3.63) is 83.4 Å². The fourth-order valence-electron chi connectivity index (χ4n) is 3.21. The molecule has 8 nitrogen and oxygen atoms in total. The van der Waals surface area contributed by atoms with Crippen LogP contribution in [0.3, 0.4) is 0 Å². The van der Waals surface area contributed by atoms with Gasteiger partial charge in [0.1, 0.15) is 11.9 Å². The van der Waals surface area contributed by atoms with Gasteiger partial charge in [0, 0.05) is 29.9 Å². The first kappa shape index (κ1) is 26.5. The van der Waals surface area contributed by atoms with Crippen molar-refractivity contribution in [3.8, 4) is 11.8 Å². The van der Waals surface area contributed by atoms with Gasteiger partial charge in [-0.2, -0.15) is 4.98 Å². The van der Waals surface area contributed by atoms with Crippen molar-refractivity contribution in [1.29, 1.82) is 5.41 Å². The van der Waals surface area contributed by atoms with E-state index in [1.165, 1.54) is 0 Å².